The molecule has 0 aliphatic rings. The molecular formula is C12H20Cl2. The van der Waals surface area contributed by atoms with Crippen molar-refractivity contribution in [1.29, 1.82) is 0 Å². The topological polar surface area (TPSA) is 0 Å². The van der Waals surface area contributed by atoms with Crippen molar-refractivity contribution in [2.75, 3.05) is 5.34 Å². The van der Waals surface area contributed by atoms with Gasteiger partial charge < -0.3 is 0 Å². The fourth-order valence-electron chi connectivity index (χ4n) is 0.738. The summed E-state index contributed by atoms with van der Waals surface area (Å²) in [6.45, 7) is 4.42. The highest BCUT2D eigenvalue weighted by Gasteiger charge is 1.68. The third-order valence-corrected chi connectivity index (χ3v) is 1.37. The number of alkyl halides is 2. The molecule has 0 fully saturated rings. The molecule has 1 rings (SSSR count). The molecule has 0 saturated heterocycles. The van der Waals surface area contributed by atoms with Crippen LogP contribution in [0.1, 0.15) is 33.1 Å². The van der Waals surface area contributed by atoms with E-state index in [2.05, 4.69) is 13.8 Å². The Kier molecular flexibility index (Phi) is 21.5. The third kappa shape index (κ3) is 22.6. The van der Waals surface area contributed by atoms with Crippen LogP contribution < -0.4 is 0 Å². The Balaban J connectivity index is 0. The zero-order chi connectivity index (χ0) is 11.1. The Hall–Kier alpha value is -0.200. The summed E-state index contributed by atoms with van der Waals surface area (Å²) in [6, 6.07) is 12.0. The van der Waals surface area contributed by atoms with E-state index in [9.17, 15) is 0 Å². The molecule has 0 aliphatic heterocycles. The van der Waals surface area contributed by atoms with Crippen LogP contribution in [-0.4, -0.2) is 5.34 Å². The maximum atomic E-state index is 4.76. The Bertz CT molecular complexity index is 123. The van der Waals surface area contributed by atoms with E-state index in [4.69, 9.17) is 23.2 Å². The van der Waals surface area contributed by atoms with E-state index >= 15 is 0 Å². The van der Waals surface area contributed by atoms with Gasteiger partial charge in [-0.15, -0.1) is 23.2 Å². The summed E-state index contributed by atoms with van der Waals surface area (Å²) in [5.41, 5.74) is 0. The second kappa shape index (κ2) is 18.6. The van der Waals surface area contributed by atoms with Crippen LogP contribution in [0.4, 0.5) is 0 Å². The van der Waals surface area contributed by atoms with Crippen LogP contribution >= 0.6 is 23.2 Å². The summed E-state index contributed by atoms with van der Waals surface area (Å²) in [5.74, 6) is 0. The SMILES string of the molecule is CCCCC.ClCCl.c1ccccc1. The average molecular weight is 235 g/mol. The van der Waals surface area contributed by atoms with Gasteiger partial charge in [-0.05, 0) is 0 Å². The van der Waals surface area contributed by atoms with Gasteiger partial charge in [0, 0.05) is 0 Å². The number of hydrogen-bond donors (Lipinski definition) is 0. The molecule has 0 heterocycles. The Morgan fingerprint density at radius 3 is 1.00 bits per heavy atom. The van der Waals surface area contributed by atoms with E-state index in [1.165, 1.54) is 19.3 Å². The molecule has 0 saturated carbocycles. The van der Waals surface area contributed by atoms with Crippen molar-refractivity contribution in [1.82, 2.24) is 0 Å². The van der Waals surface area contributed by atoms with E-state index in [1.54, 1.807) is 0 Å². The van der Waals surface area contributed by atoms with Gasteiger partial charge in [0.15, 0.2) is 0 Å². The first-order chi connectivity index (χ1) is 6.83. The fourth-order valence-corrected chi connectivity index (χ4v) is 0.738. The van der Waals surface area contributed by atoms with E-state index < -0.39 is 0 Å². The normalized spacial score (nSPS) is 7.71. The van der Waals surface area contributed by atoms with Crippen LogP contribution in [0.15, 0.2) is 36.4 Å². The second-order valence-corrected chi connectivity index (χ2v) is 3.42. The fraction of sp³-hybridized carbons (Fsp3) is 0.500. The molecule has 82 valence electrons. The molecule has 2 heteroatoms. The highest BCUT2D eigenvalue weighted by Crippen LogP contribution is 1.88. The van der Waals surface area contributed by atoms with Gasteiger partial charge in [0.05, 0.1) is 5.34 Å². The van der Waals surface area contributed by atoms with Crippen LogP contribution in [-0.2, 0) is 0 Å². The summed E-state index contributed by atoms with van der Waals surface area (Å²) in [4.78, 5) is 0. The highest BCUT2D eigenvalue weighted by atomic mass is 35.5. The summed E-state index contributed by atoms with van der Waals surface area (Å²) in [6.07, 6.45) is 4.08. The number of rotatable bonds is 2. The van der Waals surface area contributed by atoms with Gasteiger partial charge >= 0.3 is 0 Å². The monoisotopic (exact) mass is 234 g/mol. The standard InChI is InChI=1S/C6H6.C5H12.CH2Cl2/c1-2-4-6-5-3-1;1-3-5-4-2;2-1-3/h1-6H;3-5H2,1-2H3;1H2. The smallest absolute Gasteiger partial charge is 0.0967 e. The molecule has 0 aliphatic carbocycles. The summed E-state index contributed by atoms with van der Waals surface area (Å²) in [5, 5.41) is 0.194. The third-order valence-electron chi connectivity index (χ3n) is 1.37. The van der Waals surface area contributed by atoms with Gasteiger partial charge in [-0.2, -0.15) is 0 Å². The van der Waals surface area contributed by atoms with Crippen LogP contribution in [0.2, 0.25) is 0 Å². The lowest BCUT2D eigenvalue weighted by Crippen LogP contribution is -1.59. The van der Waals surface area contributed by atoms with E-state index in [1.807, 2.05) is 36.4 Å². The molecule has 0 aromatic heterocycles. The number of halogens is 2. The van der Waals surface area contributed by atoms with E-state index in [0.29, 0.717) is 0 Å². The maximum Gasteiger partial charge on any atom is 0.0967 e. The van der Waals surface area contributed by atoms with Crippen LogP contribution in [0.3, 0.4) is 0 Å². The maximum absolute atomic E-state index is 4.76. The van der Waals surface area contributed by atoms with Crippen LogP contribution in [0.25, 0.3) is 0 Å². The van der Waals surface area contributed by atoms with Crippen molar-refractivity contribution < 1.29 is 0 Å². The first kappa shape index (κ1) is 16.2. The molecule has 1 aromatic carbocycles. The predicted molar refractivity (Wildman–Crippen MR) is 68.2 cm³/mol. The molecule has 0 amide bonds. The van der Waals surface area contributed by atoms with Gasteiger partial charge in [-0.1, -0.05) is 69.5 Å². The number of unbranched alkanes of at least 4 members (excludes halogenated alkanes) is 2. The lowest BCUT2D eigenvalue weighted by Gasteiger charge is -1.79. The first-order valence-corrected chi connectivity index (χ1v) is 6.02. The molecule has 1 aromatic rings. The average Bonchev–Trinajstić information content (AvgIpc) is 2.24. The summed E-state index contributed by atoms with van der Waals surface area (Å²) >= 11 is 9.53. The molecule has 0 unspecified atom stereocenters. The van der Waals surface area contributed by atoms with Crippen molar-refractivity contribution >= 4 is 23.2 Å². The van der Waals surface area contributed by atoms with Gasteiger partial charge in [0.25, 0.3) is 0 Å². The minimum atomic E-state index is 0.194. The van der Waals surface area contributed by atoms with Gasteiger partial charge in [0.1, 0.15) is 0 Å². The van der Waals surface area contributed by atoms with Crippen molar-refractivity contribution in [2.45, 2.75) is 33.1 Å². The molecule has 0 radical (unpaired) electrons. The zero-order valence-corrected chi connectivity index (χ0v) is 10.6. The van der Waals surface area contributed by atoms with Crippen LogP contribution in [0, 0.1) is 0 Å². The molecule has 14 heavy (non-hydrogen) atoms. The van der Waals surface area contributed by atoms with Crippen molar-refractivity contribution in [3.05, 3.63) is 36.4 Å². The number of benzene rings is 1. The van der Waals surface area contributed by atoms with Crippen molar-refractivity contribution in [3.8, 4) is 0 Å². The molecular weight excluding hydrogens is 215 g/mol. The lowest BCUT2D eigenvalue weighted by atomic mass is 10.3. The first-order valence-electron chi connectivity index (χ1n) is 4.95. The Morgan fingerprint density at radius 2 is 0.929 bits per heavy atom. The highest BCUT2D eigenvalue weighted by molar-refractivity contribution is 6.40. The number of hydrogen-bond acceptors (Lipinski definition) is 0. The molecule has 0 atom stereocenters. The van der Waals surface area contributed by atoms with Crippen molar-refractivity contribution in [3.63, 3.8) is 0 Å². The lowest BCUT2D eigenvalue weighted by molar-refractivity contribution is 0.772. The van der Waals surface area contributed by atoms with Crippen molar-refractivity contribution in [2.24, 2.45) is 0 Å². The molecule has 0 nitrogen and oxygen atoms in total. The van der Waals surface area contributed by atoms with E-state index in [0.717, 1.165) is 0 Å². The zero-order valence-electron chi connectivity index (χ0n) is 9.05. The van der Waals surface area contributed by atoms with Gasteiger partial charge in [-0.3, -0.25) is 0 Å². The predicted octanol–water partition coefficient (Wildman–Crippen LogP) is 5.30. The van der Waals surface area contributed by atoms with Gasteiger partial charge in [0.2, 0.25) is 0 Å². The largest absolute Gasteiger partial charge is 0.109 e. The molecule has 0 N–H and O–H groups in total. The quantitative estimate of drug-likeness (QED) is 0.610. The van der Waals surface area contributed by atoms with E-state index in [-0.39, 0.29) is 5.34 Å². The minimum absolute atomic E-state index is 0.194. The Morgan fingerprint density at radius 1 is 0.714 bits per heavy atom. The molecule has 0 bridgehead atoms. The second-order valence-electron chi connectivity index (χ2n) is 2.61. The van der Waals surface area contributed by atoms with Gasteiger partial charge in [-0.25, -0.2) is 0 Å². The summed E-state index contributed by atoms with van der Waals surface area (Å²) in [7, 11) is 0. The Labute approximate surface area is 98.2 Å². The summed E-state index contributed by atoms with van der Waals surface area (Å²) < 4.78 is 0. The van der Waals surface area contributed by atoms with Crippen LogP contribution in [0.5, 0.6) is 0 Å². The molecule has 0 spiro atoms. The minimum Gasteiger partial charge on any atom is -0.109 e.